The van der Waals surface area contributed by atoms with Gasteiger partial charge in [0.2, 0.25) is 0 Å². The van der Waals surface area contributed by atoms with E-state index in [9.17, 15) is 19.0 Å². The highest BCUT2D eigenvalue weighted by atomic mass is 31.2. The Balaban J connectivity index is 4.06. The second-order valence-corrected chi connectivity index (χ2v) is 26.7. The fraction of sp³-hybridized carbons (Fsp3) is 0.763. The van der Waals surface area contributed by atoms with E-state index >= 15 is 0 Å². The Morgan fingerprint density at radius 1 is 0.372 bits per heavy atom. The number of hydrogen-bond acceptors (Lipinski definition) is 7. The molecule has 0 aliphatic rings. The predicted molar refractivity (Wildman–Crippen MR) is 372 cm³/mol. The molecule has 0 heterocycles. The van der Waals surface area contributed by atoms with Crippen LogP contribution in [0.4, 0.5) is 0 Å². The standard InChI is InChI=1S/C76H136NO8P/c1-6-8-10-12-14-16-18-20-22-24-26-28-30-32-34-35-36-37-38-39-40-41-43-45-47-49-51-53-55-57-59-61-63-65-67-69-76(79)85-74(73-84-86(80,81)83-71-70-77(3,4)5)72-82-75(78)68-66-64-62-60-58-56-54-52-50-48-46-44-42-33-31-29-27-25-23-21-19-17-15-13-11-9-7-2/h8,10,14,16,20,22,26,28,32,34,36-37,39-40,43,45,74H,6-7,9,11-13,15,17-19,21,23-25,27,29-31,33,35,38,41-42,44,46-73H2,1-5H3/p+1/b10-8-,16-14-,22-20-,28-26-,34-32-,37-36-,40-39-,45-43-. The summed E-state index contributed by atoms with van der Waals surface area (Å²) in [6.07, 6.45) is 92.3. The predicted octanol–water partition coefficient (Wildman–Crippen LogP) is 23.5. The van der Waals surface area contributed by atoms with E-state index in [1.807, 2.05) is 21.1 Å². The maximum absolute atomic E-state index is 12.9. The molecule has 0 radical (unpaired) electrons. The molecule has 0 aromatic carbocycles. The van der Waals surface area contributed by atoms with Gasteiger partial charge in [-0.05, 0) is 77.0 Å². The lowest BCUT2D eigenvalue weighted by atomic mass is 10.0. The van der Waals surface area contributed by atoms with Crippen LogP contribution in [0.25, 0.3) is 0 Å². The largest absolute Gasteiger partial charge is 0.472 e. The molecule has 0 bridgehead atoms. The number of phosphoric ester groups is 1. The van der Waals surface area contributed by atoms with Crippen molar-refractivity contribution < 1.29 is 42.1 Å². The van der Waals surface area contributed by atoms with E-state index in [0.29, 0.717) is 17.4 Å². The molecule has 2 unspecified atom stereocenters. The number of carbonyl (C=O) groups excluding carboxylic acids is 2. The highest BCUT2D eigenvalue weighted by molar-refractivity contribution is 7.47. The fourth-order valence-corrected chi connectivity index (χ4v) is 10.9. The molecule has 0 spiro atoms. The zero-order valence-corrected chi connectivity index (χ0v) is 57.7. The Morgan fingerprint density at radius 3 is 0.988 bits per heavy atom. The highest BCUT2D eigenvalue weighted by Crippen LogP contribution is 2.43. The van der Waals surface area contributed by atoms with Gasteiger partial charge in [0, 0.05) is 12.8 Å². The van der Waals surface area contributed by atoms with Crippen LogP contribution in [0.2, 0.25) is 0 Å². The molecule has 1 N–H and O–H groups in total. The zero-order valence-electron chi connectivity index (χ0n) is 56.8. The van der Waals surface area contributed by atoms with E-state index in [4.69, 9.17) is 18.5 Å². The minimum atomic E-state index is -4.40. The molecule has 2 atom stereocenters. The monoisotopic (exact) mass is 1220 g/mol. The normalized spacial score (nSPS) is 13.7. The number of hydrogen-bond donors (Lipinski definition) is 1. The van der Waals surface area contributed by atoms with Gasteiger partial charge in [-0.3, -0.25) is 18.6 Å². The number of carbonyl (C=O) groups is 2. The molecule has 0 saturated heterocycles. The van der Waals surface area contributed by atoms with Crippen LogP contribution >= 0.6 is 7.82 Å². The lowest BCUT2D eigenvalue weighted by Gasteiger charge is -2.24. The average Bonchev–Trinajstić information content (AvgIpc) is 3.56. The van der Waals surface area contributed by atoms with Gasteiger partial charge in [-0.15, -0.1) is 0 Å². The summed E-state index contributed by atoms with van der Waals surface area (Å²) in [4.78, 5) is 35.9. The summed E-state index contributed by atoms with van der Waals surface area (Å²) >= 11 is 0. The molecule has 86 heavy (non-hydrogen) atoms. The van der Waals surface area contributed by atoms with E-state index < -0.39 is 26.5 Å². The number of unbranched alkanes of at least 4 members (excludes halogenated alkanes) is 36. The molecule has 0 aromatic heterocycles. The minimum Gasteiger partial charge on any atom is -0.462 e. The first-order valence-corrected chi connectivity index (χ1v) is 37.5. The van der Waals surface area contributed by atoms with Crippen LogP contribution in [0, 0.1) is 0 Å². The van der Waals surface area contributed by atoms with Gasteiger partial charge in [0.05, 0.1) is 27.7 Å². The smallest absolute Gasteiger partial charge is 0.462 e. The third-order valence-electron chi connectivity index (χ3n) is 15.6. The van der Waals surface area contributed by atoms with Gasteiger partial charge in [0.1, 0.15) is 19.8 Å². The summed E-state index contributed by atoms with van der Waals surface area (Å²) in [7, 11) is 1.48. The highest BCUT2D eigenvalue weighted by Gasteiger charge is 2.27. The number of phosphoric acid groups is 1. The van der Waals surface area contributed by atoms with Crippen molar-refractivity contribution in [2.24, 2.45) is 0 Å². The first-order chi connectivity index (χ1) is 42.0. The molecule has 0 amide bonds. The Hall–Kier alpha value is -3.07. The fourth-order valence-electron chi connectivity index (χ4n) is 10.2. The van der Waals surface area contributed by atoms with E-state index in [1.54, 1.807) is 0 Å². The molecular formula is C76H137NO8P+. The lowest BCUT2D eigenvalue weighted by Crippen LogP contribution is -2.37. The van der Waals surface area contributed by atoms with Crippen molar-refractivity contribution in [2.75, 3.05) is 47.5 Å². The molecule has 0 aromatic rings. The number of rotatable bonds is 66. The van der Waals surface area contributed by atoms with Crippen LogP contribution in [0.1, 0.15) is 322 Å². The Kier molecular flexibility index (Phi) is 64.0. The van der Waals surface area contributed by atoms with Crippen molar-refractivity contribution in [1.82, 2.24) is 0 Å². The molecular weight excluding hydrogens is 1090 g/mol. The van der Waals surface area contributed by atoms with Gasteiger partial charge < -0.3 is 18.9 Å². The molecule has 498 valence electrons. The van der Waals surface area contributed by atoms with Gasteiger partial charge in [-0.1, -0.05) is 329 Å². The van der Waals surface area contributed by atoms with Crippen molar-refractivity contribution in [2.45, 2.75) is 328 Å². The van der Waals surface area contributed by atoms with Gasteiger partial charge in [0.25, 0.3) is 0 Å². The van der Waals surface area contributed by atoms with Crippen molar-refractivity contribution in [1.29, 1.82) is 0 Å². The average molecular weight is 1220 g/mol. The number of allylic oxidation sites excluding steroid dienone is 16. The third-order valence-corrected chi connectivity index (χ3v) is 16.6. The Morgan fingerprint density at radius 2 is 0.663 bits per heavy atom. The molecule has 0 fully saturated rings. The van der Waals surface area contributed by atoms with Crippen LogP contribution < -0.4 is 0 Å². The Labute approximate surface area is 532 Å². The summed E-state index contributed by atoms with van der Waals surface area (Å²) in [6, 6.07) is 0. The number of nitrogens with zero attached hydrogens (tertiary/aromatic N) is 1. The quantitative estimate of drug-likeness (QED) is 0.0211. The van der Waals surface area contributed by atoms with Gasteiger partial charge in [-0.2, -0.15) is 0 Å². The van der Waals surface area contributed by atoms with Crippen molar-refractivity contribution in [3.8, 4) is 0 Å². The molecule has 9 nitrogen and oxygen atoms in total. The first kappa shape index (κ1) is 82.9. The summed E-state index contributed by atoms with van der Waals surface area (Å²) in [5.41, 5.74) is 0. The number of esters is 2. The summed E-state index contributed by atoms with van der Waals surface area (Å²) < 4.78 is 34.7. The molecule has 0 rings (SSSR count). The van der Waals surface area contributed by atoms with E-state index in [2.05, 4.69) is 111 Å². The summed E-state index contributed by atoms with van der Waals surface area (Å²) in [5.74, 6) is -0.792. The molecule has 0 aliphatic carbocycles. The van der Waals surface area contributed by atoms with Crippen molar-refractivity contribution >= 4 is 19.8 Å². The van der Waals surface area contributed by atoms with Gasteiger partial charge >= 0.3 is 19.8 Å². The second-order valence-electron chi connectivity index (χ2n) is 25.3. The SMILES string of the molecule is CC/C=C\C/C=C\C/C=C\C/C=C\C/C=C\C/C=C\C/C=C\C/C=C\CCCCCCCCCCCCC(=O)OC(COC(=O)CCCCCCCCCCCCCCCCCCCCCCCCCCCCC)COP(=O)(O)OCC[N+](C)(C)C. The number of likely N-dealkylation sites (N-methyl/N-ethyl adjacent to an activating group) is 1. The Bertz CT molecular complexity index is 1770. The molecule has 10 heteroatoms. The topological polar surface area (TPSA) is 108 Å². The van der Waals surface area contributed by atoms with Gasteiger partial charge in [-0.25, -0.2) is 4.57 Å². The molecule has 0 aliphatic heterocycles. The maximum atomic E-state index is 12.9. The van der Waals surface area contributed by atoms with Crippen LogP contribution in [0.15, 0.2) is 97.2 Å². The van der Waals surface area contributed by atoms with E-state index in [0.717, 1.165) is 96.3 Å². The lowest BCUT2D eigenvalue weighted by molar-refractivity contribution is -0.870. The number of ether oxygens (including phenoxy) is 2. The first-order valence-electron chi connectivity index (χ1n) is 36.0. The van der Waals surface area contributed by atoms with Crippen molar-refractivity contribution in [3.05, 3.63) is 97.2 Å². The zero-order chi connectivity index (χ0) is 62.6. The van der Waals surface area contributed by atoms with Crippen LogP contribution in [-0.4, -0.2) is 74.9 Å². The van der Waals surface area contributed by atoms with Gasteiger partial charge in [0.15, 0.2) is 6.10 Å². The summed E-state index contributed by atoms with van der Waals surface area (Å²) in [5, 5.41) is 0. The van der Waals surface area contributed by atoms with Crippen LogP contribution in [0.5, 0.6) is 0 Å². The summed E-state index contributed by atoms with van der Waals surface area (Å²) in [6.45, 7) is 4.36. The molecule has 0 saturated carbocycles. The van der Waals surface area contributed by atoms with E-state index in [1.165, 1.54) is 193 Å². The van der Waals surface area contributed by atoms with Crippen molar-refractivity contribution in [3.63, 3.8) is 0 Å². The van der Waals surface area contributed by atoms with Crippen LogP contribution in [0.3, 0.4) is 0 Å². The number of quaternary nitrogens is 1. The third kappa shape index (κ3) is 70.0. The van der Waals surface area contributed by atoms with Crippen LogP contribution in [-0.2, 0) is 32.7 Å². The van der Waals surface area contributed by atoms with E-state index in [-0.39, 0.29) is 32.0 Å². The maximum Gasteiger partial charge on any atom is 0.472 e. The second kappa shape index (κ2) is 66.4. The minimum absolute atomic E-state index is 0.0287.